The van der Waals surface area contributed by atoms with Gasteiger partial charge in [0.15, 0.2) is 0 Å². The largest absolute Gasteiger partial charge is 0.480 e. The van der Waals surface area contributed by atoms with E-state index in [1.165, 1.54) is 0 Å². The summed E-state index contributed by atoms with van der Waals surface area (Å²) in [7, 11) is 0. The van der Waals surface area contributed by atoms with Gasteiger partial charge in [-0.05, 0) is 68.2 Å². The number of nitrogens with one attached hydrogen (secondary N) is 1. The lowest BCUT2D eigenvalue weighted by molar-refractivity contribution is -0.154. The van der Waals surface area contributed by atoms with E-state index in [4.69, 9.17) is 4.74 Å². The maximum atomic E-state index is 13.8. The van der Waals surface area contributed by atoms with Crippen LogP contribution >= 0.6 is 0 Å². The molecule has 42 heavy (non-hydrogen) atoms. The van der Waals surface area contributed by atoms with Crippen LogP contribution in [0.2, 0.25) is 0 Å². The van der Waals surface area contributed by atoms with Crippen LogP contribution in [0.25, 0.3) is 0 Å². The summed E-state index contributed by atoms with van der Waals surface area (Å²) in [4.78, 5) is 67.9. The van der Waals surface area contributed by atoms with Crippen molar-refractivity contribution in [2.24, 2.45) is 11.3 Å². The molecule has 3 aliphatic rings. The van der Waals surface area contributed by atoms with E-state index >= 15 is 0 Å². The van der Waals surface area contributed by atoms with Crippen molar-refractivity contribution in [3.8, 4) is 0 Å². The van der Waals surface area contributed by atoms with Crippen molar-refractivity contribution in [3.63, 3.8) is 0 Å². The maximum absolute atomic E-state index is 13.8. The van der Waals surface area contributed by atoms with Gasteiger partial charge in [-0.3, -0.25) is 19.2 Å². The van der Waals surface area contributed by atoms with Crippen molar-refractivity contribution in [1.29, 1.82) is 0 Å². The second-order valence-corrected chi connectivity index (χ2v) is 11.6. The van der Waals surface area contributed by atoms with Gasteiger partial charge in [0, 0.05) is 30.3 Å². The Labute approximate surface area is 245 Å². The minimum absolute atomic E-state index is 0.0264. The highest BCUT2D eigenvalue weighted by Crippen LogP contribution is 2.46. The van der Waals surface area contributed by atoms with Crippen LogP contribution in [-0.4, -0.2) is 57.3 Å². The zero-order chi connectivity index (χ0) is 30.2. The van der Waals surface area contributed by atoms with E-state index in [2.05, 4.69) is 5.32 Å². The minimum atomic E-state index is -1.55. The second-order valence-electron chi connectivity index (χ2n) is 11.6. The van der Waals surface area contributed by atoms with E-state index in [-0.39, 0.29) is 31.2 Å². The van der Waals surface area contributed by atoms with Crippen LogP contribution in [0, 0.1) is 11.3 Å². The molecule has 1 unspecified atom stereocenters. The molecule has 2 aromatic rings. The summed E-state index contributed by atoms with van der Waals surface area (Å²) in [5.41, 5.74) is -0.482. The van der Waals surface area contributed by atoms with Gasteiger partial charge in [0.2, 0.25) is 17.4 Å². The first kappa shape index (κ1) is 29.3. The summed E-state index contributed by atoms with van der Waals surface area (Å²) >= 11 is 0. The number of aliphatic carboxylic acids is 1. The lowest BCUT2D eigenvalue weighted by atomic mass is 9.81. The normalized spacial score (nSPS) is 20.3. The first-order valence-electron chi connectivity index (χ1n) is 14.6. The molecule has 10 heteroatoms. The summed E-state index contributed by atoms with van der Waals surface area (Å²) in [6.45, 7) is 5.31. The molecular weight excluding hydrogens is 538 g/mol. The Hall–Kier alpha value is -4.21. The van der Waals surface area contributed by atoms with Gasteiger partial charge >= 0.3 is 12.1 Å². The molecule has 1 saturated heterocycles. The molecule has 1 saturated carbocycles. The number of hydrogen-bond donors (Lipinski definition) is 2. The van der Waals surface area contributed by atoms with Gasteiger partial charge in [-0.25, -0.2) is 9.69 Å². The molecule has 0 radical (unpaired) electrons. The Morgan fingerprint density at radius 3 is 2.43 bits per heavy atom. The Bertz CT molecular complexity index is 1420. The number of benzene rings is 2. The molecule has 2 aliphatic carbocycles. The molecule has 5 rings (SSSR count). The summed E-state index contributed by atoms with van der Waals surface area (Å²) in [5.74, 6) is -2.28. The van der Waals surface area contributed by atoms with Gasteiger partial charge in [-0.15, -0.1) is 0 Å². The summed E-state index contributed by atoms with van der Waals surface area (Å²) < 4.78 is 5.72. The number of carboxylic acids is 1. The Kier molecular flexibility index (Phi) is 7.83. The Morgan fingerprint density at radius 2 is 1.81 bits per heavy atom. The quantitative estimate of drug-likeness (QED) is 0.378. The lowest BCUT2D eigenvalue weighted by Crippen LogP contribution is -2.47. The molecular formula is C32H37N3O7. The Balaban J connectivity index is 1.33. The number of anilines is 1. The van der Waals surface area contributed by atoms with Crippen LogP contribution < -0.4 is 5.32 Å². The molecule has 1 spiro atoms. The third-order valence-electron chi connectivity index (χ3n) is 9.27. The van der Waals surface area contributed by atoms with Crippen molar-refractivity contribution in [3.05, 3.63) is 65.2 Å². The fraction of sp³-hybridized carbons (Fsp3) is 0.469. The predicted octanol–water partition coefficient (Wildman–Crippen LogP) is 4.46. The molecule has 2 atom stereocenters. The molecule has 2 aromatic carbocycles. The SMILES string of the molecule is CCC(CC)(C(=O)O)C(=O)Nc1ccc2c(c1)CCC21OC(=O)N(CC(=O)N(Cc2ccccc2)[C@@H](C)C2CC2)C1=O. The number of fused-ring (bicyclic) bond motifs is 2. The molecule has 1 heterocycles. The van der Waals surface area contributed by atoms with Crippen LogP contribution in [0.15, 0.2) is 48.5 Å². The summed E-state index contributed by atoms with van der Waals surface area (Å²) in [5, 5.41) is 12.4. The average Bonchev–Trinajstić information content (AvgIpc) is 3.73. The first-order chi connectivity index (χ1) is 20.1. The number of ether oxygens (including phenoxy) is 1. The zero-order valence-electron chi connectivity index (χ0n) is 24.2. The maximum Gasteiger partial charge on any atom is 0.418 e. The monoisotopic (exact) mass is 575 g/mol. The molecule has 2 N–H and O–H groups in total. The van der Waals surface area contributed by atoms with Crippen LogP contribution in [0.3, 0.4) is 0 Å². The van der Waals surface area contributed by atoms with Gasteiger partial charge in [-0.2, -0.15) is 0 Å². The molecule has 2 fully saturated rings. The summed E-state index contributed by atoms with van der Waals surface area (Å²) in [6, 6.07) is 14.5. The van der Waals surface area contributed by atoms with Crippen LogP contribution in [0.4, 0.5) is 10.5 Å². The van der Waals surface area contributed by atoms with E-state index in [1.54, 1.807) is 36.9 Å². The van der Waals surface area contributed by atoms with E-state index in [0.29, 0.717) is 35.7 Å². The topological polar surface area (TPSA) is 133 Å². The molecule has 10 nitrogen and oxygen atoms in total. The second kappa shape index (κ2) is 11.2. The number of carbonyl (C=O) groups is 5. The number of aryl methyl sites for hydroxylation is 1. The lowest BCUT2D eigenvalue weighted by Gasteiger charge is -2.30. The average molecular weight is 576 g/mol. The number of nitrogens with zero attached hydrogens (tertiary/aromatic N) is 2. The molecule has 0 aromatic heterocycles. The van der Waals surface area contributed by atoms with Gasteiger partial charge in [0.1, 0.15) is 12.0 Å². The van der Waals surface area contributed by atoms with Crippen molar-refractivity contribution < 1.29 is 33.8 Å². The van der Waals surface area contributed by atoms with E-state index in [0.717, 1.165) is 23.3 Å². The predicted molar refractivity (Wildman–Crippen MR) is 153 cm³/mol. The number of amides is 4. The fourth-order valence-electron chi connectivity index (χ4n) is 6.25. The third-order valence-corrected chi connectivity index (χ3v) is 9.27. The first-order valence-corrected chi connectivity index (χ1v) is 14.6. The van der Waals surface area contributed by atoms with Crippen LogP contribution in [0.5, 0.6) is 0 Å². The van der Waals surface area contributed by atoms with Gasteiger partial charge in [0.05, 0.1) is 0 Å². The van der Waals surface area contributed by atoms with Crippen molar-refractivity contribution >= 4 is 35.5 Å². The van der Waals surface area contributed by atoms with Crippen molar-refractivity contribution in [2.45, 2.75) is 77.5 Å². The van der Waals surface area contributed by atoms with E-state index < -0.39 is 41.4 Å². The molecule has 222 valence electrons. The van der Waals surface area contributed by atoms with Gasteiger partial charge < -0.3 is 20.1 Å². The third kappa shape index (κ3) is 5.03. The standard InChI is InChI=1S/C32H37N3O7/c1-4-31(5-2,29(39)40)27(37)33-24-13-14-25-23(17-24)15-16-32(25)28(38)35(30(41)42-32)19-26(36)34(20(3)22-11-12-22)18-21-9-7-6-8-10-21/h6-10,13-14,17,20,22H,4-5,11-12,15-16,18-19H2,1-3H3,(H,33,37)(H,39,40)/t20-,32?/m0/s1. The molecule has 1 aliphatic heterocycles. The number of rotatable bonds is 11. The number of carboxylic acid groups (broad SMARTS) is 1. The fourth-order valence-corrected chi connectivity index (χ4v) is 6.25. The van der Waals surface area contributed by atoms with E-state index in [9.17, 15) is 29.1 Å². The van der Waals surface area contributed by atoms with Crippen LogP contribution in [0.1, 0.15) is 69.6 Å². The Morgan fingerprint density at radius 1 is 1.12 bits per heavy atom. The van der Waals surface area contributed by atoms with Gasteiger partial charge in [-0.1, -0.05) is 50.2 Å². The molecule has 4 amide bonds. The summed E-state index contributed by atoms with van der Waals surface area (Å²) in [6.07, 6.45) is 2.13. The highest BCUT2D eigenvalue weighted by atomic mass is 16.6. The number of carbonyl (C=O) groups excluding carboxylic acids is 4. The zero-order valence-corrected chi connectivity index (χ0v) is 24.2. The van der Waals surface area contributed by atoms with E-state index in [1.807, 2.05) is 37.3 Å². The van der Waals surface area contributed by atoms with Gasteiger partial charge in [0.25, 0.3) is 5.91 Å². The van der Waals surface area contributed by atoms with Crippen molar-refractivity contribution in [1.82, 2.24) is 9.80 Å². The highest BCUT2D eigenvalue weighted by Gasteiger charge is 2.58. The highest BCUT2D eigenvalue weighted by molar-refractivity contribution is 6.09. The minimum Gasteiger partial charge on any atom is -0.480 e. The number of imide groups is 1. The molecule has 0 bridgehead atoms. The number of hydrogen-bond acceptors (Lipinski definition) is 6. The van der Waals surface area contributed by atoms with Crippen LogP contribution in [-0.2, 0) is 42.5 Å². The smallest absolute Gasteiger partial charge is 0.418 e. The van der Waals surface area contributed by atoms with Crippen molar-refractivity contribution in [2.75, 3.05) is 11.9 Å².